The summed E-state index contributed by atoms with van der Waals surface area (Å²) < 4.78 is 0. The summed E-state index contributed by atoms with van der Waals surface area (Å²) in [7, 11) is 1.78. The van der Waals surface area contributed by atoms with Gasteiger partial charge in [0.15, 0.2) is 0 Å². The van der Waals surface area contributed by atoms with Crippen LogP contribution in [0.25, 0.3) is 0 Å². The molecule has 0 atom stereocenters. The van der Waals surface area contributed by atoms with Crippen molar-refractivity contribution in [3.63, 3.8) is 0 Å². The van der Waals surface area contributed by atoms with Crippen molar-refractivity contribution < 1.29 is 4.79 Å². The average molecular weight is 218 g/mol. The van der Waals surface area contributed by atoms with Gasteiger partial charge in [-0.15, -0.1) is 0 Å². The fourth-order valence-electron chi connectivity index (χ4n) is 2.10. The number of hydrogen-bond acceptors (Lipinski definition) is 2. The minimum absolute atomic E-state index is 0.0629. The first-order valence-corrected chi connectivity index (χ1v) is 5.50. The van der Waals surface area contributed by atoms with Gasteiger partial charge in [0.2, 0.25) is 5.91 Å². The molecule has 16 heavy (non-hydrogen) atoms. The van der Waals surface area contributed by atoms with E-state index in [4.69, 9.17) is 5.73 Å². The van der Waals surface area contributed by atoms with Gasteiger partial charge in [-0.1, -0.05) is 26.8 Å². The van der Waals surface area contributed by atoms with Crippen molar-refractivity contribution in [1.29, 1.82) is 0 Å². The average Bonchev–Trinajstić information content (AvgIpc) is 2.41. The first kappa shape index (κ1) is 11.0. The Morgan fingerprint density at radius 1 is 1.31 bits per heavy atom. The lowest BCUT2D eigenvalue weighted by Gasteiger charge is -2.22. The smallest absolute Gasteiger partial charge is 0.231 e. The normalized spacial score (nSPS) is 15.5. The van der Waals surface area contributed by atoms with E-state index in [0.29, 0.717) is 12.1 Å². The van der Waals surface area contributed by atoms with Crippen molar-refractivity contribution in [3.05, 3.63) is 23.3 Å². The van der Waals surface area contributed by atoms with Crippen LogP contribution in [0.5, 0.6) is 0 Å². The Bertz CT molecular complexity index is 458. The lowest BCUT2D eigenvalue weighted by atomic mass is 9.85. The van der Waals surface area contributed by atoms with Gasteiger partial charge in [-0.05, 0) is 22.6 Å². The second kappa shape index (κ2) is 3.24. The molecule has 1 aliphatic heterocycles. The molecule has 0 saturated carbocycles. The molecule has 1 aliphatic rings. The molecule has 0 unspecified atom stereocenters. The molecule has 0 spiro atoms. The molecule has 1 aromatic carbocycles. The number of nitrogen functional groups attached to an aromatic ring is 1. The predicted octanol–water partition coefficient (Wildman–Crippen LogP) is 2.09. The molecular formula is C13H18N2O. The zero-order valence-corrected chi connectivity index (χ0v) is 10.3. The Kier molecular flexibility index (Phi) is 2.22. The molecule has 2 rings (SSSR count). The second-order valence-electron chi connectivity index (χ2n) is 5.45. The molecule has 0 radical (unpaired) electrons. The van der Waals surface area contributed by atoms with Gasteiger partial charge < -0.3 is 10.6 Å². The number of carbonyl (C=O) groups excluding carboxylic acids is 1. The van der Waals surface area contributed by atoms with Gasteiger partial charge in [0, 0.05) is 7.05 Å². The van der Waals surface area contributed by atoms with E-state index < -0.39 is 0 Å². The highest BCUT2D eigenvalue weighted by Crippen LogP contribution is 2.37. The number of anilines is 2. The van der Waals surface area contributed by atoms with E-state index in [-0.39, 0.29) is 11.3 Å². The van der Waals surface area contributed by atoms with E-state index in [1.807, 2.05) is 6.07 Å². The fraction of sp³-hybridized carbons (Fsp3) is 0.462. The van der Waals surface area contributed by atoms with Crippen LogP contribution in [0.3, 0.4) is 0 Å². The number of likely N-dealkylation sites (N-methyl/N-ethyl adjacent to an activating group) is 1. The SMILES string of the molecule is CN1C(=O)Cc2cc(C(C)(C)C)cc(N)c21. The summed E-state index contributed by atoms with van der Waals surface area (Å²) in [5, 5.41) is 0. The van der Waals surface area contributed by atoms with Gasteiger partial charge in [-0.2, -0.15) is 0 Å². The second-order valence-corrected chi connectivity index (χ2v) is 5.45. The number of amides is 1. The molecule has 86 valence electrons. The van der Waals surface area contributed by atoms with Crippen LogP contribution in [0.1, 0.15) is 31.9 Å². The van der Waals surface area contributed by atoms with Crippen molar-refractivity contribution in [2.45, 2.75) is 32.6 Å². The Balaban J connectivity index is 2.58. The molecule has 0 aromatic heterocycles. The van der Waals surface area contributed by atoms with Crippen LogP contribution in [0.2, 0.25) is 0 Å². The van der Waals surface area contributed by atoms with Gasteiger partial charge in [-0.25, -0.2) is 0 Å². The predicted molar refractivity (Wildman–Crippen MR) is 66.7 cm³/mol. The molecule has 0 fully saturated rings. The van der Waals surface area contributed by atoms with E-state index >= 15 is 0 Å². The van der Waals surface area contributed by atoms with Gasteiger partial charge >= 0.3 is 0 Å². The Labute approximate surface area is 96.2 Å². The van der Waals surface area contributed by atoms with Crippen LogP contribution in [-0.2, 0) is 16.6 Å². The zero-order valence-electron chi connectivity index (χ0n) is 10.3. The van der Waals surface area contributed by atoms with Crippen molar-refractivity contribution in [2.75, 3.05) is 17.7 Å². The Morgan fingerprint density at radius 2 is 1.94 bits per heavy atom. The summed E-state index contributed by atoms with van der Waals surface area (Å²) in [6.45, 7) is 6.44. The molecule has 1 aromatic rings. The number of nitrogens with zero attached hydrogens (tertiary/aromatic N) is 1. The number of nitrogens with two attached hydrogens (primary N) is 1. The summed E-state index contributed by atoms with van der Waals surface area (Å²) in [5.74, 6) is 0.118. The lowest BCUT2D eigenvalue weighted by molar-refractivity contribution is -0.117. The number of rotatable bonds is 0. The van der Waals surface area contributed by atoms with Crippen LogP contribution < -0.4 is 10.6 Å². The maximum absolute atomic E-state index is 11.6. The number of carbonyl (C=O) groups is 1. The number of benzene rings is 1. The van der Waals surface area contributed by atoms with Gasteiger partial charge in [0.25, 0.3) is 0 Å². The van der Waals surface area contributed by atoms with Crippen molar-refractivity contribution in [3.8, 4) is 0 Å². The third-order valence-electron chi connectivity index (χ3n) is 3.14. The molecule has 2 N–H and O–H groups in total. The van der Waals surface area contributed by atoms with Crippen molar-refractivity contribution in [1.82, 2.24) is 0 Å². The maximum Gasteiger partial charge on any atom is 0.231 e. The largest absolute Gasteiger partial charge is 0.397 e. The van der Waals surface area contributed by atoms with E-state index in [1.54, 1.807) is 11.9 Å². The molecular weight excluding hydrogens is 200 g/mol. The monoisotopic (exact) mass is 218 g/mol. The lowest BCUT2D eigenvalue weighted by Crippen LogP contribution is -2.21. The van der Waals surface area contributed by atoms with Crippen LogP contribution in [0.4, 0.5) is 11.4 Å². The van der Waals surface area contributed by atoms with E-state index in [2.05, 4.69) is 26.8 Å². The minimum atomic E-state index is 0.0629. The van der Waals surface area contributed by atoms with Crippen LogP contribution in [-0.4, -0.2) is 13.0 Å². The Morgan fingerprint density at radius 3 is 2.50 bits per heavy atom. The summed E-state index contributed by atoms with van der Waals surface area (Å²) >= 11 is 0. The van der Waals surface area contributed by atoms with Crippen molar-refractivity contribution >= 4 is 17.3 Å². The van der Waals surface area contributed by atoms with Gasteiger partial charge in [0.05, 0.1) is 17.8 Å². The van der Waals surface area contributed by atoms with E-state index in [9.17, 15) is 4.79 Å². The fourth-order valence-corrected chi connectivity index (χ4v) is 2.10. The number of hydrogen-bond donors (Lipinski definition) is 1. The molecule has 3 nitrogen and oxygen atoms in total. The molecule has 0 saturated heterocycles. The first-order valence-electron chi connectivity index (χ1n) is 5.50. The van der Waals surface area contributed by atoms with Crippen molar-refractivity contribution in [2.24, 2.45) is 0 Å². The van der Waals surface area contributed by atoms with Gasteiger partial charge in [0.1, 0.15) is 0 Å². The highest BCUT2D eigenvalue weighted by molar-refractivity contribution is 6.04. The number of fused-ring (bicyclic) bond motifs is 1. The molecule has 3 heteroatoms. The maximum atomic E-state index is 11.6. The zero-order chi connectivity index (χ0) is 12.1. The highest BCUT2D eigenvalue weighted by atomic mass is 16.2. The summed E-state index contributed by atoms with van der Waals surface area (Å²) in [6.07, 6.45) is 0.472. The standard InChI is InChI=1S/C13H18N2O/c1-13(2,3)9-5-8-6-11(16)15(4)12(8)10(14)7-9/h5,7H,6,14H2,1-4H3. The third-order valence-corrected chi connectivity index (χ3v) is 3.14. The molecule has 0 bridgehead atoms. The first-order chi connectivity index (χ1) is 7.30. The molecule has 1 amide bonds. The quantitative estimate of drug-likeness (QED) is 0.678. The third kappa shape index (κ3) is 1.56. The topological polar surface area (TPSA) is 46.3 Å². The highest BCUT2D eigenvalue weighted by Gasteiger charge is 2.28. The van der Waals surface area contributed by atoms with E-state index in [0.717, 1.165) is 11.3 Å². The molecule has 1 heterocycles. The van der Waals surface area contributed by atoms with Crippen LogP contribution in [0, 0.1) is 0 Å². The van der Waals surface area contributed by atoms with Gasteiger partial charge in [-0.3, -0.25) is 4.79 Å². The summed E-state index contributed by atoms with van der Waals surface area (Å²) in [6, 6.07) is 4.08. The molecule has 0 aliphatic carbocycles. The Hall–Kier alpha value is -1.51. The van der Waals surface area contributed by atoms with Crippen LogP contribution >= 0.6 is 0 Å². The van der Waals surface area contributed by atoms with Crippen LogP contribution in [0.15, 0.2) is 12.1 Å². The summed E-state index contributed by atoms with van der Waals surface area (Å²) in [5.41, 5.74) is 9.92. The van der Waals surface area contributed by atoms with E-state index in [1.165, 1.54) is 5.56 Å². The summed E-state index contributed by atoms with van der Waals surface area (Å²) in [4.78, 5) is 13.3. The minimum Gasteiger partial charge on any atom is -0.397 e.